The summed E-state index contributed by atoms with van der Waals surface area (Å²) in [7, 11) is 0. The fourth-order valence-corrected chi connectivity index (χ4v) is 1.16. The van der Waals surface area contributed by atoms with Gasteiger partial charge in [0.05, 0.1) is 0 Å². The molecule has 0 aromatic carbocycles. The molecule has 0 radical (unpaired) electrons. The van der Waals surface area contributed by atoms with Crippen LogP contribution in [-0.4, -0.2) is 27.5 Å². The van der Waals surface area contributed by atoms with Crippen molar-refractivity contribution in [2.75, 3.05) is 17.1 Å². The first kappa shape index (κ1) is 4.64. The van der Waals surface area contributed by atoms with Crippen LogP contribution in [0.25, 0.3) is 0 Å². The highest BCUT2D eigenvalue weighted by atomic mass is 35.5. The van der Waals surface area contributed by atoms with Crippen molar-refractivity contribution >= 4 is 23.5 Å². The molecule has 1 aliphatic carbocycles. The van der Waals surface area contributed by atoms with Crippen molar-refractivity contribution < 1.29 is 12.3 Å². The lowest BCUT2D eigenvalue weighted by atomic mass is 10.3. The molecule has 1 saturated carbocycles. The second-order valence-corrected chi connectivity index (χ2v) is 3.51. The summed E-state index contributed by atoms with van der Waals surface area (Å²) in [6.07, 6.45) is -5.11. The average molecular weight is 251 g/mol. The third-order valence-corrected chi connectivity index (χ3v) is 1.99. The molecule has 0 bridgehead atoms. The van der Waals surface area contributed by atoms with Crippen LogP contribution in [0.5, 0.6) is 0 Å². The van der Waals surface area contributed by atoms with Crippen LogP contribution in [0.1, 0.15) is 44.8 Å². The van der Waals surface area contributed by atoms with Crippen LogP contribution >= 0.6 is 11.6 Å². The number of anilines is 2. The van der Waals surface area contributed by atoms with E-state index in [9.17, 15) is 0 Å². The fraction of sp³-hybridized carbons (Fsp3) is 0.700. The predicted molar refractivity (Wildman–Crippen MR) is 64.9 cm³/mol. The van der Waals surface area contributed by atoms with Gasteiger partial charge >= 0.3 is 0 Å². The molecule has 5 nitrogen and oxygen atoms in total. The lowest BCUT2D eigenvalue weighted by Gasteiger charge is -2.06. The van der Waals surface area contributed by atoms with Crippen molar-refractivity contribution in [3.05, 3.63) is 5.28 Å². The van der Waals surface area contributed by atoms with Gasteiger partial charge in [-0.15, -0.1) is 0 Å². The van der Waals surface area contributed by atoms with Crippen LogP contribution in [0.15, 0.2) is 0 Å². The van der Waals surface area contributed by atoms with Crippen molar-refractivity contribution in [2.24, 2.45) is 0 Å². The third-order valence-electron chi connectivity index (χ3n) is 1.82. The monoisotopic (exact) mass is 250 g/mol. The second kappa shape index (κ2) is 5.30. The van der Waals surface area contributed by atoms with Gasteiger partial charge in [0.1, 0.15) is 0 Å². The molecule has 1 aromatic rings. The van der Waals surface area contributed by atoms with Crippen LogP contribution in [0.4, 0.5) is 11.9 Å². The Morgan fingerprint density at radius 1 is 1.44 bits per heavy atom. The van der Waals surface area contributed by atoms with Gasteiger partial charge in [0.25, 0.3) is 0 Å². The summed E-state index contributed by atoms with van der Waals surface area (Å²) < 4.78 is 67.7. The topological polar surface area (TPSA) is 62.7 Å². The molecule has 0 amide bonds. The maximum atomic E-state index is 7.82. The highest BCUT2D eigenvalue weighted by molar-refractivity contribution is 6.28. The SMILES string of the molecule is [2H]C([2H])([2H])C([2H])([2H])C([2H])([2H])C([2H])([2H])Nc1nc(Cl)nc(NC2CC2)n1. The molecule has 88 valence electrons. The van der Waals surface area contributed by atoms with Gasteiger partial charge in [-0.2, -0.15) is 15.0 Å². The van der Waals surface area contributed by atoms with Gasteiger partial charge in [-0.1, -0.05) is 13.2 Å². The van der Waals surface area contributed by atoms with Crippen LogP contribution in [0.3, 0.4) is 0 Å². The van der Waals surface area contributed by atoms with Gasteiger partial charge in [0.15, 0.2) is 0 Å². The zero-order valence-corrected chi connectivity index (χ0v) is 8.97. The van der Waals surface area contributed by atoms with E-state index in [-0.39, 0.29) is 17.3 Å². The number of hydrogen-bond donors (Lipinski definition) is 2. The molecule has 0 unspecified atom stereocenters. The molecular formula is C10H16ClN5. The maximum Gasteiger partial charge on any atom is 0.229 e. The predicted octanol–water partition coefficient (Wildman–Crippen LogP) is 2.31. The van der Waals surface area contributed by atoms with Gasteiger partial charge in [0, 0.05) is 24.9 Å². The quantitative estimate of drug-likeness (QED) is 0.811. The number of nitrogens with one attached hydrogen (secondary N) is 2. The van der Waals surface area contributed by atoms with E-state index in [2.05, 4.69) is 20.3 Å². The standard InChI is InChI=1S/C10H16ClN5/c1-2-3-6-12-9-14-8(11)15-10(16-9)13-7-4-5-7/h7H,2-6H2,1H3,(H2,12,13,14,15,16)/i1D3,2D2,3D2,6D2. The maximum absolute atomic E-state index is 7.82. The molecule has 0 spiro atoms. The number of hydrogen-bond acceptors (Lipinski definition) is 5. The summed E-state index contributed by atoms with van der Waals surface area (Å²) in [4.78, 5) is 11.3. The summed E-state index contributed by atoms with van der Waals surface area (Å²) in [5.41, 5.74) is 0. The first-order valence-corrected chi connectivity index (χ1v) is 5.01. The molecule has 0 saturated heterocycles. The Morgan fingerprint density at radius 2 is 2.25 bits per heavy atom. The minimum atomic E-state index is -3.48. The Hall–Kier alpha value is -1.10. The van der Waals surface area contributed by atoms with Crippen molar-refractivity contribution in [2.45, 2.75) is 38.5 Å². The van der Waals surface area contributed by atoms with Gasteiger partial charge < -0.3 is 10.6 Å². The Balaban J connectivity index is 2.29. The Bertz CT molecular complexity index is 646. The lowest BCUT2D eigenvalue weighted by Crippen LogP contribution is -2.11. The van der Waals surface area contributed by atoms with Crippen LogP contribution in [0, 0.1) is 0 Å². The van der Waals surface area contributed by atoms with Gasteiger partial charge in [0.2, 0.25) is 17.2 Å². The summed E-state index contributed by atoms with van der Waals surface area (Å²) in [6, 6.07) is 0.166. The fourth-order valence-electron chi connectivity index (χ4n) is 0.999. The van der Waals surface area contributed by atoms with Crippen LogP contribution in [0.2, 0.25) is 5.28 Å². The summed E-state index contributed by atoms with van der Waals surface area (Å²) in [5, 5.41) is 4.62. The number of aromatic nitrogens is 3. The van der Waals surface area contributed by atoms with Gasteiger partial charge in [-0.05, 0) is 30.8 Å². The van der Waals surface area contributed by atoms with E-state index in [1.165, 1.54) is 0 Å². The zero-order chi connectivity index (χ0) is 19.3. The summed E-state index contributed by atoms with van der Waals surface area (Å²) in [6.45, 7) is -6.55. The van der Waals surface area contributed by atoms with Crippen molar-refractivity contribution in [1.29, 1.82) is 0 Å². The van der Waals surface area contributed by atoms with Crippen LogP contribution < -0.4 is 10.6 Å². The highest BCUT2D eigenvalue weighted by Crippen LogP contribution is 2.23. The third kappa shape index (κ3) is 3.48. The summed E-state index contributed by atoms with van der Waals surface area (Å²) in [5.74, 6) is -0.390. The van der Waals surface area contributed by atoms with E-state index in [0.29, 0.717) is 0 Å². The van der Waals surface area contributed by atoms with Crippen LogP contribution in [-0.2, 0) is 0 Å². The average Bonchev–Trinajstić information content (AvgIpc) is 3.19. The molecule has 2 N–H and O–H groups in total. The zero-order valence-electron chi connectivity index (χ0n) is 17.2. The molecule has 6 heteroatoms. The number of rotatable bonds is 6. The second-order valence-electron chi connectivity index (χ2n) is 3.17. The van der Waals surface area contributed by atoms with E-state index >= 15 is 0 Å². The Morgan fingerprint density at radius 3 is 3.00 bits per heavy atom. The molecule has 2 rings (SSSR count). The summed E-state index contributed by atoms with van der Waals surface area (Å²) >= 11 is 5.74. The Kier molecular flexibility index (Phi) is 1.54. The van der Waals surface area contributed by atoms with E-state index in [4.69, 9.17) is 23.9 Å². The minimum absolute atomic E-state index is 0.0557. The van der Waals surface area contributed by atoms with E-state index in [0.717, 1.165) is 12.8 Å². The molecule has 0 atom stereocenters. The molecule has 1 aliphatic rings. The normalized spacial score (nSPS) is 26.7. The first-order valence-electron chi connectivity index (χ1n) is 9.14. The Labute approximate surface area is 113 Å². The number of nitrogens with zero attached hydrogens (tertiary/aromatic N) is 3. The van der Waals surface area contributed by atoms with Crippen molar-refractivity contribution in [1.82, 2.24) is 15.0 Å². The molecule has 16 heavy (non-hydrogen) atoms. The first-order chi connectivity index (χ1) is 11.2. The molecule has 0 aliphatic heterocycles. The van der Waals surface area contributed by atoms with E-state index < -0.39 is 32.0 Å². The molecule has 1 aromatic heterocycles. The molecular weight excluding hydrogens is 226 g/mol. The smallest absolute Gasteiger partial charge is 0.229 e. The molecule has 1 fully saturated rings. The van der Waals surface area contributed by atoms with E-state index in [1.54, 1.807) is 0 Å². The van der Waals surface area contributed by atoms with Gasteiger partial charge in [-0.25, -0.2) is 0 Å². The minimum Gasteiger partial charge on any atom is -0.354 e. The largest absolute Gasteiger partial charge is 0.354 e. The van der Waals surface area contributed by atoms with Gasteiger partial charge in [-0.3, -0.25) is 0 Å². The van der Waals surface area contributed by atoms with Crippen molar-refractivity contribution in [3.63, 3.8) is 0 Å². The van der Waals surface area contributed by atoms with Crippen molar-refractivity contribution in [3.8, 4) is 0 Å². The van der Waals surface area contributed by atoms with E-state index in [1.807, 2.05) is 5.32 Å². The lowest BCUT2D eigenvalue weighted by molar-refractivity contribution is 0.824. The molecule has 1 heterocycles. The highest BCUT2D eigenvalue weighted by Gasteiger charge is 2.22. The number of halogens is 1.